The van der Waals surface area contributed by atoms with Gasteiger partial charge < -0.3 is 20.4 Å². The summed E-state index contributed by atoms with van der Waals surface area (Å²) in [6.45, 7) is 1.78. The van der Waals surface area contributed by atoms with E-state index in [2.05, 4.69) is 20.6 Å². The minimum atomic E-state index is -0.497. The molecule has 27 heavy (non-hydrogen) atoms. The number of hydrogen-bond donors (Lipinski definition) is 3. The van der Waals surface area contributed by atoms with Crippen LogP contribution in [0.15, 0.2) is 47.3 Å². The van der Waals surface area contributed by atoms with Crippen LogP contribution in [0.5, 0.6) is 5.75 Å². The van der Waals surface area contributed by atoms with Crippen molar-refractivity contribution in [3.8, 4) is 5.75 Å². The molecule has 2 heterocycles. The second-order valence-electron chi connectivity index (χ2n) is 6.22. The highest BCUT2D eigenvalue weighted by Gasteiger charge is 2.19. The summed E-state index contributed by atoms with van der Waals surface area (Å²) < 4.78 is 5.33. The first-order chi connectivity index (χ1) is 13.0. The average molecular weight is 364 g/mol. The van der Waals surface area contributed by atoms with Gasteiger partial charge in [-0.2, -0.15) is 0 Å². The summed E-state index contributed by atoms with van der Waals surface area (Å²) in [4.78, 5) is 42.8. The quantitative estimate of drug-likeness (QED) is 0.655. The first-order valence-electron chi connectivity index (χ1n) is 8.38. The molecule has 136 valence electrons. The zero-order valence-corrected chi connectivity index (χ0v) is 14.4. The van der Waals surface area contributed by atoms with Gasteiger partial charge in [-0.1, -0.05) is 18.2 Å². The Morgan fingerprint density at radius 2 is 2.04 bits per heavy atom. The molecule has 0 saturated heterocycles. The maximum Gasteiger partial charge on any atom is 0.287 e. The van der Waals surface area contributed by atoms with Crippen LogP contribution in [0.2, 0.25) is 0 Å². The largest absolute Gasteiger partial charge is 0.482 e. The first-order valence-corrected chi connectivity index (χ1v) is 8.38. The molecule has 3 N–H and O–H groups in total. The summed E-state index contributed by atoms with van der Waals surface area (Å²) in [5.41, 5.74) is 1.41. The van der Waals surface area contributed by atoms with Gasteiger partial charge >= 0.3 is 0 Å². The summed E-state index contributed by atoms with van der Waals surface area (Å²) in [5.74, 6) is -0.199. The third-order valence-electron chi connectivity index (χ3n) is 4.31. The number of rotatable bonds is 3. The van der Waals surface area contributed by atoms with Crippen molar-refractivity contribution in [1.82, 2.24) is 15.3 Å². The van der Waals surface area contributed by atoms with Gasteiger partial charge in [-0.3, -0.25) is 14.4 Å². The van der Waals surface area contributed by atoms with E-state index in [9.17, 15) is 14.4 Å². The Morgan fingerprint density at radius 1 is 1.22 bits per heavy atom. The van der Waals surface area contributed by atoms with E-state index in [0.29, 0.717) is 22.3 Å². The second-order valence-corrected chi connectivity index (χ2v) is 6.22. The minimum absolute atomic E-state index is 0.0143. The smallest absolute Gasteiger partial charge is 0.287 e. The molecule has 4 rings (SSSR count). The van der Waals surface area contributed by atoms with Gasteiger partial charge in [0, 0.05) is 0 Å². The summed E-state index contributed by atoms with van der Waals surface area (Å²) in [5, 5.41) is 5.95. The molecular formula is C19H16N4O4. The number of aromatic amines is 1. The van der Waals surface area contributed by atoms with Gasteiger partial charge in [0.2, 0.25) is 0 Å². The van der Waals surface area contributed by atoms with E-state index in [0.717, 1.165) is 5.56 Å². The number of ether oxygens (including phenoxy) is 1. The van der Waals surface area contributed by atoms with Gasteiger partial charge in [0.25, 0.3) is 17.4 Å². The highest BCUT2D eigenvalue weighted by Crippen LogP contribution is 2.30. The molecule has 0 aliphatic carbocycles. The monoisotopic (exact) mass is 364 g/mol. The van der Waals surface area contributed by atoms with Gasteiger partial charge in [0.15, 0.2) is 12.4 Å². The number of carbonyl (C=O) groups is 2. The van der Waals surface area contributed by atoms with Crippen LogP contribution in [0.4, 0.5) is 5.69 Å². The van der Waals surface area contributed by atoms with Gasteiger partial charge in [0.05, 0.1) is 22.6 Å². The molecule has 1 unspecified atom stereocenters. The molecule has 0 fully saturated rings. The van der Waals surface area contributed by atoms with Gasteiger partial charge in [-0.25, -0.2) is 4.98 Å². The third-order valence-corrected chi connectivity index (χ3v) is 4.31. The summed E-state index contributed by atoms with van der Waals surface area (Å²) in [7, 11) is 0. The van der Waals surface area contributed by atoms with Crippen LogP contribution in [0.1, 0.15) is 29.1 Å². The van der Waals surface area contributed by atoms with E-state index >= 15 is 0 Å². The molecule has 1 atom stereocenters. The lowest BCUT2D eigenvalue weighted by Crippen LogP contribution is -2.30. The number of carbonyl (C=O) groups excluding carboxylic acids is 2. The summed E-state index contributed by atoms with van der Waals surface area (Å²) >= 11 is 0. The topological polar surface area (TPSA) is 113 Å². The van der Waals surface area contributed by atoms with Crippen molar-refractivity contribution in [3.05, 3.63) is 64.2 Å². The lowest BCUT2D eigenvalue weighted by atomic mass is 10.1. The molecule has 2 aromatic carbocycles. The van der Waals surface area contributed by atoms with E-state index in [1.165, 1.54) is 0 Å². The summed E-state index contributed by atoms with van der Waals surface area (Å²) in [6.07, 6.45) is 0. The van der Waals surface area contributed by atoms with E-state index in [1.807, 2.05) is 0 Å². The number of benzene rings is 2. The fraction of sp³-hybridized carbons (Fsp3) is 0.158. The predicted molar refractivity (Wildman–Crippen MR) is 98.8 cm³/mol. The van der Waals surface area contributed by atoms with E-state index in [1.54, 1.807) is 49.4 Å². The Morgan fingerprint density at radius 3 is 2.89 bits per heavy atom. The van der Waals surface area contributed by atoms with Crippen LogP contribution in [0, 0.1) is 0 Å². The van der Waals surface area contributed by atoms with Crippen molar-refractivity contribution >= 4 is 28.4 Å². The van der Waals surface area contributed by atoms with Crippen molar-refractivity contribution in [2.45, 2.75) is 13.0 Å². The van der Waals surface area contributed by atoms with E-state index < -0.39 is 5.91 Å². The standard InChI is InChI=1S/C19H16N4O4/c1-10(11-6-7-15-14(8-11)21-16(24)9-27-15)20-19(26)17-22-13-5-3-2-4-12(13)18(25)23-17/h2-8,10H,9H2,1H3,(H,20,26)(H,21,24)(H,22,23,25). The van der Waals surface area contributed by atoms with Crippen LogP contribution in [-0.2, 0) is 4.79 Å². The number of nitrogens with zero attached hydrogens (tertiary/aromatic N) is 1. The Bertz CT molecular complexity index is 1120. The fourth-order valence-electron chi connectivity index (χ4n) is 2.91. The molecule has 1 aliphatic rings. The lowest BCUT2D eigenvalue weighted by molar-refractivity contribution is -0.118. The van der Waals surface area contributed by atoms with Gasteiger partial charge in [-0.15, -0.1) is 0 Å². The van der Waals surface area contributed by atoms with Crippen molar-refractivity contribution in [2.24, 2.45) is 0 Å². The maximum atomic E-state index is 12.5. The molecular weight excluding hydrogens is 348 g/mol. The van der Waals surface area contributed by atoms with E-state index in [4.69, 9.17) is 4.74 Å². The van der Waals surface area contributed by atoms with Crippen LogP contribution in [-0.4, -0.2) is 28.4 Å². The van der Waals surface area contributed by atoms with Crippen molar-refractivity contribution < 1.29 is 14.3 Å². The maximum absolute atomic E-state index is 12.5. The van der Waals surface area contributed by atoms with Crippen LogP contribution in [0.3, 0.4) is 0 Å². The summed E-state index contributed by atoms with van der Waals surface area (Å²) in [6, 6.07) is 11.7. The Labute approximate surface area is 153 Å². The number of hydrogen-bond acceptors (Lipinski definition) is 5. The van der Waals surface area contributed by atoms with Crippen molar-refractivity contribution in [1.29, 1.82) is 0 Å². The SMILES string of the molecule is CC(NC(=O)c1nc2ccccc2c(=O)[nH]1)c1ccc2c(c1)NC(=O)CO2. The normalized spacial score (nSPS) is 14.0. The number of para-hydroxylation sites is 1. The fourth-order valence-corrected chi connectivity index (χ4v) is 2.91. The molecule has 0 bridgehead atoms. The number of aromatic nitrogens is 2. The molecule has 0 spiro atoms. The Balaban J connectivity index is 1.57. The highest BCUT2D eigenvalue weighted by molar-refractivity contribution is 5.95. The lowest BCUT2D eigenvalue weighted by Gasteiger charge is -2.20. The molecule has 0 saturated carbocycles. The van der Waals surface area contributed by atoms with Crippen molar-refractivity contribution in [3.63, 3.8) is 0 Å². The zero-order chi connectivity index (χ0) is 19.0. The number of amides is 2. The number of anilines is 1. The molecule has 8 heteroatoms. The molecule has 8 nitrogen and oxygen atoms in total. The van der Waals surface area contributed by atoms with Crippen LogP contribution < -0.4 is 20.9 Å². The van der Waals surface area contributed by atoms with Crippen LogP contribution in [0.25, 0.3) is 10.9 Å². The number of fused-ring (bicyclic) bond motifs is 2. The van der Waals surface area contributed by atoms with Gasteiger partial charge in [0.1, 0.15) is 5.75 Å². The second kappa shape index (κ2) is 6.56. The predicted octanol–water partition coefficient (Wildman–Crippen LogP) is 1.74. The Hall–Kier alpha value is -3.68. The Kier molecular flexibility index (Phi) is 4.08. The molecule has 1 aromatic heterocycles. The molecule has 0 radical (unpaired) electrons. The third kappa shape index (κ3) is 3.24. The minimum Gasteiger partial charge on any atom is -0.482 e. The number of H-pyrrole nitrogens is 1. The zero-order valence-electron chi connectivity index (χ0n) is 14.4. The van der Waals surface area contributed by atoms with E-state index in [-0.39, 0.29) is 29.9 Å². The molecule has 1 aliphatic heterocycles. The number of nitrogens with one attached hydrogen (secondary N) is 3. The first kappa shape index (κ1) is 16.8. The molecule has 3 aromatic rings. The van der Waals surface area contributed by atoms with Crippen LogP contribution >= 0.6 is 0 Å². The molecule has 2 amide bonds. The highest BCUT2D eigenvalue weighted by atomic mass is 16.5. The van der Waals surface area contributed by atoms with Crippen molar-refractivity contribution in [2.75, 3.05) is 11.9 Å². The van der Waals surface area contributed by atoms with Gasteiger partial charge in [-0.05, 0) is 36.8 Å². The average Bonchev–Trinajstić information content (AvgIpc) is 2.67.